The molecule has 0 aliphatic carbocycles. The van der Waals surface area contributed by atoms with E-state index < -0.39 is 10.0 Å². The van der Waals surface area contributed by atoms with Gasteiger partial charge in [0.15, 0.2) is 0 Å². The fraction of sp³-hybridized carbons (Fsp3) is 0.231. The molecule has 2 heterocycles. The molecular weight excluding hydrogens is 337 g/mol. The van der Waals surface area contributed by atoms with Gasteiger partial charge in [-0.15, -0.1) is 11.3 Å². The number of fused-ring (bicyclic) bond motifs is 1. The highest BCUT2D eigenvalue weighted by Crippen LogP contribution is 2.36. The van der Waals surface area contributed by atoms with Crippen molar-refractivity contribution in [1.82, 2.24) is 0 Å². The van der Waals surface area contributed by atoms with Crippen LogP contribution in [0.25, 0.3) is 0 Å². The second kappa shape index (κ2) is 5.22. The Bertz CT molecular complexity index is 755. The summed E-state index contributed by atoms with van der Waals surface area (Å²) in [6, 6.07) is 8.47. The van der Waals surface area contributed by atoms with E-state index in [-0.39, 0.29) is 4.21 Å². The van der Waals surface area contributed by atoms with Crippen LogP contribution >= 0.6 is 34.5 Å². The van der Waals surface area contributed by atoms with E-state index in [0.717, 1.165) is 29.7 Å². The largest absolute Gasteiger partial charge is 0.273 e. The predicted octanol–water partition coefficient (Wildman–Crippen LogP) is 4.20. The monoisotopic (exact) mass is 347 g/mol. The summed E-state index contributed by atoms with van der Waals surface area (Å²) >= 11 is 12.9. The maximum atomic E-state index is 12.7. The Hall–Kier alpha value is -0.750. The van der Waals surface area contributed by atoms with Crippen LogP contribution in [0.2, 0.25) is 9.36 Å². The van der Waals surface area contributed by atoms with E-state index in [9.17, 15) is 8.42 Å². The maximum Gasteiger partial charge on any atom is 0.273 e. The molecule has 1 aliphatic heterocycles. The summed E-state index contributed by atoms with van der Waals surface area (Å²) < 4.78 is 27.6. The van der Waals surface area contributed by atoms with E-state index in [4.69, 9.17) is 23.2 Å². The van der Waals surface area contributed by atoms with Crippen LogP contribution in [0.15, 0.2) is 34.5 Å². The number of anilines is 1. The first-order valence-corrected chi connectivity index (χ1v) is 9.06. The number of nitrogens with zero attached hydrogens (tertiary/aromatic N) is 1. The van der Waals surface area contributed by atoms with E-state index in [1.54, 1.807) is 24.3 Å². The highest BCUT2D eigenvalue weighted by Gasteiger charge is 2.30. The van der Waals surface area contributed by atoms with E-state index in [0.29, 0.717) is 21.6 Å². The van der Waals surface area contributed by atoms with Crippen molar-refractivity contribution < 1.29 is 8.42 Å². The van der Waals surface area contributed by atoms with Crippen LogP contribution < -0.4 is 4.31 Å². The van der Waals surface area contributed by atoms with E-state index in [2.05, 4.69) is 0 Å². The number of aryl methyl sites for hydroxylation is 1. The van der Waals surface area contributed by atoms with Crippen molar-refractivity contribution in [2.24, 2.45) is 0 Å². The number of rotatable bonds is 2. The number of hydrogen-bond acceptors (Lipinski definition) is 3. The zero-order valence-electron chi connectivity index (χ0n) is 10.3. The van der Waals surface area contributed by atoms with Gasteiger partial charge in [-0.3, -0.25) is 4.31 Å². The molecule has 7 heteroatoms. The third-order valence-corrected chi connectivity index (χ3v) is 6.96. The zero-order chi connectivity index (χ0) is 14.3. The van der Waals surface area contributed by atoms with Gasteiger partial charge < -0.3 is 0 Å². The molecule has 0 saturated carbocycles. The summed E-state index contributed by atoms with van der Waals surface area (Å²) in [4.78, 5) is 0. The second-order valence-electron chi connectivity index (χ2n) is 4.51. The molecule has 0 saturated heterocycles. The quantitative estimate of drug-likeness (QED) is 0.816. The van der Waals surface area contributed by atoms with Crippen molar-refractivity contribution in [3.05, 3.63) is 45.3 Å². The second-order valence-corrected chi connectivity index (χ2v) is 8.75. The molecule has 3 rings (SSSR count). The molecule has 2 aromatic rings. The van der Waals surface area contributed by atoms with Crippen LogP contribution in [0.1, 0.15) is 12.0 Å². The van der Waals surface area contributed by atoms with Crippen LogP contribution in [-0.2, 0) is 16.4 Å². The van der Waals surface area contributed by atoms with Crippen molar-refractivity contribution in [1.29, 1.82) is 0 Å². The minimum Gasteiger partial charge on any atom is -0.265 e. The van der Waals surface area contributed by atoms with Gasteiger partial charge in [0.2, 0.25) is 0 Å². The lowest BCUT2D eigenvalue weighted by atomic mass is 10.0. The minimum atomic E-state index is -3.54. The van der Waals surface area contributed by atoms with E-state index in [1.165, 1.54) is 4.31 Å². The normalized spacial score (nSPS) is 15.2. The van der Waals surface area contributed by atoms with E-state index >= 15 is 0 Å². The van der Waals surface area contributed by atoms with Crippen molar-refractivity contribution in [3.63, 3.8) is 0 Å². The Morgan fingerprint density at radius 2 is 1.95 bits per heavy atom. The summed E-state index contributed by atoms with van der Waals surface area (Å²) in [5, 5.41) is 0.627. The first-order valence-electron chi connectivity index (χ1n) is 6.05. The van der Waals surface area contributed by atoms with Crippen molar-refractivity contribution in [2.45, 2.75) is 17.1 Å². The van der Waals surface area contributed by atoms with Gasteiger partial charge in [-0.2, -0.15) is 0 Å². The summed E-state index contributed by atoms with van der Waals surface area (Å²) in [5.74, 6) is 0. The number of sulfonamides is 1. The Labute approximate surface area is 131 Å². The van der Waals surface area contributed by atoms with Crippen LogP contribution in [0.3, 0.4) is 0 Å². The topological polar surface area (TPSA) is 37.4 Å². The zero-order valence-corrected chi connectivity index (χ0v) is 13.5. The summed E-state index contributed by atoms with van der Waals surface area (Å²) in [5.41, 5.74) is 1.68. The average molecular weight is 348 g/mol. The third kappa shape index (κ3) is 2.44. The minimum absolute atomic E-state index is 0.269. The Balaban J connectivity index is 2.08. The smallest absolute Gasteiger partial charge is 0.265 e. The molecule has 3 nitrogen and oxygen atoms in total. The first kappa shape index (κ1) is 14.2. The molecule has 0 radical (unpaired) electrons. The molecule has 0 N–H and O–H groups in total. The van der Waals surface area contributed by atoms with Gasteiger partial charge in [0, 0.05) is 11.6 Å². The van der Waals surface area contributed by atoms with Crippen molar-refractivity contribution in [3.8, 4) is 0 Å². The first-order chi connectivity index (χ1) is 9.48. The summed E-state index contributed by atoms with van der Waals surface area (Å²) in [6.07, 6.45) is 1.62. The number of hydrogen-bond donors (Lipinski definition) is 0. The molecular formula is C13H11Cl2NO2S2. The molecule has 0 fully saturated rings. The standard InChI is InChI=1S/C13H11Cl2NO2S2/c14-10-3-4-11-9(8-10)2-1-7-16(11)20(17,18)13-6-5-12(15)19-13/h3-6,8H,1-2,7H2. The van der Waals surface area contributed by atoms with Gasteiger partial charge in [-0.25, -0.2) is 8.42 Å². The van der Waals surface area contributed by atoms with Crippen LogP contribution in [0.5, 0.6) is 0 Å². The Morgan fingerprint density at radius 1 is 1.15 bits per heavy atom. The Kier molecular flexibility index (Phi) is 3.71. The van der Waals surface area contributed by atoms with Gasteiger partial charge in [0.25, 0.3) is 10.0 Å². The molecule has 0 bridgehead atoms. The van der Waals surface area contributed by atoms with Crippen molar-refractivity contribution in [2.75, 3.05) is 10.8 Å². The van der Waals surface area contributed by atoms with Gasteiger partial charge in [-0.05, 0) is 48.7 Å². The highest BCUT2D eigenvalue weighted by atomic mass is 35.5. The number of halogens is 2. The number of benzene rings is 1. The van der Waals surface area contributed by atoms with Gasteiger partial charge in [-0.1, -0.05) is 23.2 Å². The molecule has 0 amide bonds. The summed E-state index contributed by atoms with van der Waals surface area (Å²) in [6.45, 7) is 0.479. The molecule has 1 aromatic carbocycles. The molecule has 0 atom stereocenters. The van der Waals surface area contributed by atoms with Gasteiger partial charge in [0.05, 0.1) is 10.0 Å². The SMILES string of the molecule is O=S(=O)(c1ccc(Cl)s1)N1CCCc2cc(Cl)ccc21. The molecule has 1 aliphatic rings. The molecule has 0 unspecified atom stereocenters. The fourth-order valence-corrected chi connectivity index (χ4v) is 5.66. The number of thiophene rings is 1. The van der Waals surface area contributed by atoms with Gasteiger partial charge in [0.1, 0.15) is 4.21 Å². The summed E-state index contributed by atoms with van der Waals surface area (Å²) in [7, 11) is -3.54. The average Bonchev–Trinajstić information content (AvgIpc) is 2.85. The Morgan fingerprint density at radius 3 is 2.65 bits per heavy atom. The predicted molar refractivity (Wildman–Crippen MR) is 83.6 cm³/mol. The molecule has 1 aromatic heterocycles. The maximum absolute atomic E-state index is 12.7. The van der Waals surface area contributed by atoms with Crippen LogP contribution in [-0.4, -0.2) is 15.0 Å². The lowest BCUT2D eigenvalue weighted by Crippen LogP contribution is -2.35. The molecule has 106 valence electrons. The van der Waals surface area contributed by atoms with Crippen LogP contribution in [0.4, 0.5) is 5.69 Å². The van der Waals surface area contributed by atoms with Gasteiger partial charge >= 0.3 is 0 Å². The van der Waals surface area contributed by atoms with Crippen LogP contribution in [0, 0.1) is 0 Å². The molecule has 20 heavy (non-hydrogen) atoms. The fourth-order valence-electron chi connectivity index (χ4n) is 2.33. The van der Waals surface area contributed by atoms with Crippen molar-refractivity contribution >= 4 is 50.2 Å². The lowest BCUT2D eigenvalue weighted by molar-refractivity contribution is 0.588. The highest BCUT2D eigenvalue weighted by molar-refractivity contribution is 7.94. The lowest BCUT2D eigenvalue weighted by Gasteiger charge is -2.30. The van der Waals surface area contributed by atoms with E-state index in [1.807, 2.05) is 6.07 Å². The molecule has 0 spiro atoms. The third-order valence-electron chi connectivity index (χ3n) is 3.21.